The van der Waals surface area contributed by atoms with E-state index in [1.165, 1.54) is 11.8 Å². The number of ether oxygens (including phenoxy) is 1. The van der Waals surface area contributed by atoms with E-state index in [0.717, 1.165) is 10.5 Å². The van der Waals surface area contributed by atoms with E-state index in [1.807, 2.05) is 31.2 Å². The number of carbonyl (C=O) groups excluding carboxylic acids is 2. The molecule has 0 saturated carbocycles. The quantitative estimate of drug-likeness (QED) is 0.770. The van der Waals surface area contributed by atoms with Crippen LogP contribution < -0.4 is 5.11 Å². The van der Waals surface area contributed by atoms with Crippen molar-refractivity contribution < 1.29 is 19.4 Å². The van der Waals surface area contributed by atoms with Crippen LogP contribution in [0.3, 0.4) is 0 Å². The van der Waals surface area contributed by atoms with E-state index in [1.54, 1.807) is 6.92 Å². The third kappa shape index (κ3) is 2.42. The molecule has 1 aliphatic heterocycles. The maximum atomic E-state index is 12.2. The number of carboxylic acid groups (broad SMARTS) is 1. The summed E-state index contributed by atoms with van der Waals surface area (Å²) in [6.07, 6.45) is 0.380. The fourth-order valence-electron chi connectivity index (χ4n) is 2.80. The maximum Gasteiger partial charge on any atom is 0.320 e. The summed E-state index contributed by atoms with van der Waals surface area (Å²) in [5.74, 6) is -1.49. The molecule has 1 heterocycles. The number of rotatable bonds is 5. The Hall–Kier alpha value is -1.49. The second-order valence-corrected chi connectivity index (χ2v) is 5.95. The maximum absolute atomic E-state index is 12.2. The first-order valence-electron chi connectivity index (χ1n) is 6.67. The summed E-state index contributed by atoms with van der Waals surface area (Å²) in [4.78, 5) is 24.3. The summed E-state index contributed by atoms with van der Waals surface area (Å²) in [5.41, 5.74) is 0.168. The van der Waals surface area contributed by atoms with Crippen molar-refractivity contribution in [2.24, 2.45) is 0 Å². The largest absolute Gasteiger partial charge is 0.550 e. The van der Waals surface area contributed by atoms with Gasteiger partial charge in [-0.25, -0.2) is 0 Å². The van der Waals surface area contributed by atoms with E-state index >= 15 is 0 Å². The Morgan fingerprint density at radius 3 is 2.65 bits per heavy atom. The summed E-state index contributed by atoms with van der Waals surface area (Å²) < 4.78 is 5.12. The number of hydrogen-bond donors (Lipinski definition) is 0. The Kier molecular flexibility index (Phi) is 4.38. The average molecular weight is 293 g/mol. The number of aliphatic carboxylic acids is 1. The summed E-state index contributed by atoms with van der Waals surface area (Å²) in [7, 11) is 0. The van der Waals surface area contributed by atoms with Gasteiger partial charge in [0.1, 0.15) is 5.25 Å². The molecule has 0 spiro atoms. The molecule has 1 aliphatic rings. The minimum Gasteiger partial charge on any atom is -0.550 e. The first-order valence-corrected chi connectivity index (χ1v) is 7.55. The number of hydrogen-bond acceptors (Lipinski definition) is 5. The molecule has 0 saturated heterocycles. The zero-order valence-corrected chi connectivity index (χ0v) is 12.4. The summed E-state index contributed by atoms with van der Waals surface area (Å²) in [5, 5.41) is 10.7. The lowest BCUT2D eigenvalue weighted by molar-refractivity contribution is -0.307. The molecule has 0 amide bonds. The molecule has 0 bridgehead atoms. The number of thioether (sulfide) groups is 1. The van der Waals surface area contributed by atoms with Gasteiger partial charge in [0.05, 0.1) is 6.61 Å². The van der Waals surface area contributed by atoms with Crippen LogP contribution in [0.5, 0.6) is 0 Å². The predicted octanol–water partition coefficient (Wildman–Crippen LogP) is 1.51. The van der Waals surface area contributed by atoms with E-state index in [4.69, 9.17) is 4.74 Å². The smallest absolute Gasteiger partial charge is 0.320 e. The molecule has 108 valence electrons. The molecule has 0 fully saturated rings. The van der Waals surface area contributed by atoms with Crippen molar-refractivity contribution in [2.45, 2.75) is 42.2 Å². The minimum absolute atomic E-state index is 0.170. The third-order valence-electron chi connectivity index (χ3n) is 3.76. The summed E-state index contributed by atoms with van der Waals surface area (Å²) in [6, 6.07) is 7.57. The lowest BCUT2D eigenvalue weighted by atomic mass is 9.72. The topological polar surface area (TPSA) is 66.4 Å². The van der Waals surface area contributed by atoms with E-state index < -0.39 is 16.6 Å². The van der Waals surface area contributed by atoms with Crippen LogP contribution in [-0.2, 0) is 19.7 Å². The van der Waals surface area contributed by atoms with Gasteiger partial charge in [-0.15, -0.1) is 11.8 Å². The van der Waals surface area contributed by atoms with Crippen molar-refractivity contribution in [1.29, 1.82) is 0 Å². The second-order valence-electron chi connectivity index (χ2n) is 4.80. The lowest BCUT2D eigenvalue weighted by Gasteiger charge is -2.34. The van der Waals surface area contributed by atoms with Gasteiger partial charge in [-0.1, -0.05) is 25.1 Å². The molecular weight excluding hydrogens is 276 g/mol. The fourth-order valence-corrected chi connectivity index (χ4v) is 4.38. The molecule has 1 aromatic carbocycles. The van der Waals surface area contributed by atoms with Crippen LogP contribution in [0.4, 0.5) is 0 Å². The molecule has 2 rings (SSSR count). The molecule has 4 nitrogen and oxygen atoms in total. The molecule has 2 unspecified atom stereocenters. The molecule has 0 radical (unpaired) electrons. The molecule has 20 heavy (non-hydrogen) atoms. The molecular formula is C15H17O4S-. The van der Waals surface area contributed by atoms with E-state index in [0.29, 0.717) is 6.42 Å². The van der Waals surface area contributed by atoms with Crippen LogP contribution in [0, 0.1) is 0 Å². The fraction of sp³-hybridized carbons (Fsp3) is 0.467. The number of benzene rings is 1. The normalized spacial score (nSPS) is 24.2. The molecule has 0 N–H and O–H groups in total. The van der Waals surface area contributed by atoms with Gasteiger partial charge in [0.25, 0.3) is 0 Å². The molecule has 0 aromatic heterocycles. The van der Waals surface area contributed by atoms with Crippen molar-refractivity contribution in [2.75, 3.05) is 6.61 Å². The standard InChI is InChI=1S/C15H18O4S/c1-3-15(9-12(16)17)10-7-5-6-8-11(10)20-13(15)14(18)19-4-2/h5-8,13H,3-4,9H2,1-2H3,(H,16,17)/p-1. The summed E-state index contributed by atoms with van der Waals surface area (Å²) in [6.45, 7) is 3.94. The van der Waals surface area contributed by atoms with Crippen molar-refractivity contribution in [3.63, 3.8) is 0 Å². The zero-order chi connectivity index (χ0) is 14.8. The first-order chi connectivity index (χ1) is 9.55. The van der Waals surface area contributed by atoms with Crippen molar-refractivity contribution in [3.8, 4) is 0 Å². The Bertz CT molecular complexity index is 528. The highest BCUT2D eigenvalue weighted by molar-refractivity contribution is 8.01. The van der Waals surface area contributed by atoms with Crippen LogP contribution in [0.2, 0.25) is 0 Å². The summed E-state index contributed by atoms with van der Waals surface area (Å²) >= 11 is 1.39. The van der Waals surface area contributed by atoms with Crippen LogP contribution in [-0.4, -0.2) is 23.8 Å². The van der Waals surface area contributed by atoms with Crippen molar-refractivity contribution in [1.82, 2.24) is 0 Å². The van der Waals surface area contributed by atoms with E-state index in [-0.39, 0.29) is 19.0 Å². The van der Waals surface area contributed by atoms with Gasteiger partial charge >= 0.3 is 5.97 Å². The monoisotopic (exact) mass is 293 g/mol. The van der Waals surface area contributed by atoms with Crippen LogP contribution in [0.1, 0.15) is 32.3 Å². The highest BCUT2D eigenvalue weighted by atomic mass is 32.2. The second kappa shape index (κ2) is 5.87. The lowest BCUT2D eigenvalue weighted by Crippen LogP contribution is -2.44. The minimum atomic E-state index is -1.14. The Balaban J connectivity index is 2.48. The average Bonchev–Trinajstić information content (AvgIpc) is 2.74. The van der Waals surface area contributed by atoms with Gasteiger partial charge < -0.3 is 14.6 Å². The number of fused-ring (bicyclic) bond motifs is 1. The van der Waals surface area contributed by atoms with E-state index in [9.17, 15) is 14.7 Å². The highest BCUT2D eigenvalue weighted by Gasteiger charge is 2.50. The van der Waals surface area contributed by atoms with Crippen molar-refractivity contribution in [3.05, 3.63) is 29.8 Å². The van der Waals surface area contributed by atoms with Crippen LogP contribution in [0.15, 0.2) is 29.2 Å². The van der Waals surface area contributed by atoms with E-state index in [2.05, 4.69) is 0 Å². The number of carboxylic acids is 1. The highest BCUT2D eigenvalue weighted by Crippen LogP contribution is 2.53. The van der Waals surface area contributed by atoms with Gasteiger partial charge in [0.15, 0.2) is 0 Å². The van der Waals surface area contributed by atoms with Gasteiger partial charge in [-0.2, -0.15) is 0 Å². The Morgan fingerprint density at radius 2 is 2.05 bits per heavy atom. The molecule has 0 aliphatic carbocycles. The van der Waals surface area contributed by atoms with Crippen molar-refractivity contribution >= 4 is 23.7 Å². The van der Waals surface area contributed by atoms with Gasteiger partial charge in [0.2, 0.25) is 0 Å². The predicted molar refractivity (Wildman–Crippen MR) is 74.3 cm³/mol. The Labute approximate surface area is 122 Å². The SMILES string of the molecule is CCOC(=O)C1Sc2ccccc2C1(CC)CC(=O)[O-]. The molecule has 1 aromatic rings. The molecule has 2 atom stereocenters. The van der Waals surface area contributed by atoms with Crippen LogP contribution >= 0.6 is 11.8 Å². The Morgan fingerprint density at radius 1 is 1.35 bits per heavy atom. The van der Waals surface area contributed by atoms with Gasteiger partial charge in [0, 0.05) is 16.3 Å². The first kappa shape index (κ1) is 14.9. The third-order valence-corrected chi connectivity index (χ3v) is 5.25. The van der Waals surface area contributed by atoms with Gasteiger partial charge in [-0.3, -0.25) is 4.79 Å². The molecule has 5 heteroatoms. The number of carbonyl (C=O) groups is 2. The number of esters is 1. The van der Waals surface area contributed by atoms with Crippen LogP contribution in [0.25, 0.3) is 0 Å². The van der Waals surface area contributed by atoms with Gasteiger partial charge in [-0.05, 0) is 31.4 Å². The zero-order valence-electron chi connectivity index (χ0n) is 11.5.